The van der Waals surface area contributed by atoms with Crippen molar-refractivity contribution in [3.8, 4) is 5.75 Å². The van der Waals surface area contributed by atoms with Crippen LogP contribution in [-0.2, 0) is 10.0 Å². The minimum atomic E-state index is -4.10. The lowest BCUT2D eigenvalue weighted by Gasteiger charge is -2.12. The zero-order valence-corrected chi connectivity index (χ0v) is 12.3. The van der Waals surface area contributed by atoms with Gasteiger partial charge >= 0.3 is 12.6 Å². The number of sulfonamides is 1. The number of carbonyl (C=O) groups is 1. The minimum absolute atomic E-state index is 0.173. The van der Waals surface area contributed by atoms with Gasteiger partial charge in [0.05, 0.1) is 11.3 Å². The number of alkyl halides is 2. The van der Waals surface area contributed by atoms with Gasteiger partial charge in [-0.2, -0.15) is 8.78 Å². The fourth-order valence-corrected chi connectivity index (χ4v) is 3.74. The Hall–Kier alpha value is -2.20. The van der Waals surface area contributed by atoms with Crippen molar-refractivity contribution in [2.24, 2.45) is 0 Å². The number of hydrogen-bond donors (Lipinski definition) is 2. The minimum Gasteiger partial charge on any atom is -0.478 e. The topological polar surface area (TPSA) is 92.7 Å². The first-order valence-electron chi connectivity index (χ1n) is 5.68. The van der Waals surface area contributed by atoms with Gasteiger partial charge in [0, 0.05) is 5.38 Å². The van der Waals surface area contributed by atoms with Crippen LogP contribution in [0.25, 0.3) is 0 Å². The molecule has 6 nitrogen and oxygen atoms in total. The molecule has 2 aromatic rings. The Morgan fingerprint density at radius 1 is 1.32 bits per heavy atom. The highest BCUT2D eigenvalue weighted by molar-refractivity contribution is 7.94. The molecule has 0 aliphatic carbocycles. The number of carboxylic acid groups (broad SMARTS) is 1. The molecule has 22 heavy (non-hydrogen) atoms. The van der Waals surface area contributed by atoms with Gasteiger partial charge in [-0.3, -0.25) is 4.72 Å². The van der Waals surface area contributed by atoms with E-state index in [0.29, 0.717) is 11.3 Å². The molecule has 0 aliphatic rings. The molecule has 118 valence electrons. The van der Waals surface area contributed by atoms with Gasteiger partial charge < -0.3 is 9.84 Å². The highest BCUT2D eigenvalue weighted by atomic mass is 32.2. The van der Waals surface area contributed by atoms with E-state index in [9.17, 15) is 22.0 Å². The third kappa shape index (κ3) is 3.71. The first-order valence-corrected chi connectivity index (χ1v) is 8.04. The predicted molar refractivity (Wildman–Crippen MR) is 75.2 cm³/mol. The molecule has 1 aromatic heterocycles. The van der Waals surface area contributed by atoms with E-state index in [0.717, 1.165) is 6.07 Å². The van der Waals surface area contributed by atoms with Crippen molar-refractivity contribution in [1.29, 1.82) is 0 Å². The standard InChI is InChI=1S/C12H9F2NO5S2/c13-12(14)20-9-4-2-1-3-8(9)15-22(18,19)10-5-7(6-21-10)11(16)17/h1-6,12,15H,(H,16,17). The van der Waals surface area contributed by atoms with Crippen LogP contribution in [0.2, 0.25) is 0 Å². The van der Waals surface area contributed by atoms with E-state index in [1.165, 1.54) is 29.6 Å². The Bertz CT molecular complexity index is 788. The molecule has 0 spiro atoms. The Morgan fingerprint density at radius 2 is 2.00 bits per heavy atom. The van der Waals surface area contributed by atoms with Crippen LogP contribution in [-0.4, -0.2) is 26.1 Å². The maximum Gasteiger partial charge on any atom is 0.387 e. The fraction of sp³-hybridized carbons (Fsp3) is 0.0833. The van der Waals surface area contributed by atoms with Crippen molar-refractivity contribution in [3.05, 3.63) is 41.3 Å². The van der Waals surface area contributed by atoms with Gasteiger partial charge in [-0.1, -0.05) is 12.1 Å². The summed E-state index contributed by atoms with van der Waals surface area (Å²) in [5.74, 6) is -1.60. The molecule has 1 aromatic carbocycles. The lowest BCUT2D eigenvalue weighted by molar-refractivity contribution is -0.0493. The quantitative estimate of drug-likeness (QED) is 0.836. The summed E-state index contributed by atoms with van der Waals surface area (Å²) < 4.78 is 54.9. The molecule has 2 N–H and O–H groups in total. The van der Waals surface area contributed by atoms with Crippen LogP contribution < -0.4 is 9.46 Å². The highest BCUT2D eigenvalue weighted by Crippen LogP contribution is 2.29. The molecule has 0 saturated heterocycles. The van der Waals surface area contributed by atoms with E-state index in [-0.39, 0.29) is 21.2 Å². The van der Waals surface area contributed by atoms with Crippen molar-refractivity contribution in [3.63, 3.8) is 0 Å². The number of nitrogens with one attached hydrogen (secondary N) is 1. The predicted octanol–water partition coefficient (Wildman–Crippen LogP) is 2.85. The maximum absolute atomic E-state index is 12.3. The second-order valence-corrected chi connectivity index (χ2v) is 6.76. The molecular weight excluding hydrogens is 340 g/mol. The molecule has 0 bridgehead atoms. The van der Waals surface area contributed by atoms with Crippen LogP contribution in [0.4, 0.5) is 14.5 Å². The maximum atomic E-state index is 12.3. The zero-order chi connectivity index (χ0) is 16.3. The van der Waals surface area contributed by atoms with Gasteiger partial charge in [0.15, 0.2) is 0 Å². The number of para-hydroxylation sites is 2. The van der Waals surface area contributed by atoms with Crippen molar-refractivity contribution >= 4 is 33.0 Å². The van der Waals surface area contributed by atoms with Crippen molar-refractivity contribution in [2.45, 2.75) is 10.8 Å². The van der Waals surface area contributed by atoms with Crippen molar-refractivity contribution in [1.82, 2.24) is 0 Å². The largest absolute Gasteiger partial charge is 0.478 e. The smallest absolute Gasteiger partial charge is 0.387 e. The van der Waals surface area contributed by atoms with Crippen LogP contribution in [0.1, 0.15) is 10.4 Å². The van der Waals surface area contributed by atoms with E-state index in [1.54, 1.807) is 0 Å². The van der Waals surface area contributed by atoms with Crippen molar-refractivity contribution in [2.75, 3.05) is 4.72 Å². The number of ether oxygens (including phenoxy) is 1. The van der Waals surface area contributed by atoms with Crippen molar-refractivity contribution < 1.29 is 31.8 Å². The highest BCUT2D eigenvalue weighted by Gasteiger charge is 2.21. The SMILES string of the molecule is O=C(O)c1csc(S(=O)(=O)Nc2ccccc2OC(F)F)c1. The van der Waals surface area contributed by atoms with Crippen LogP contribution in [0.15, 0.2) is 39.9 Å². The first kappa shape index (κ1) is 16.2. The second kappa shape index (κ2) is 6.28. The summed E-state index contributed by atoms with van der Waals surface area (Å²) >= 11 is 0.704. The first-order chi connectivity index (χ1) is 10.3. The summed E-state index contributed by atoms with van der Waals surface area (Å²) in [6.07, 6.45) is 0. The Labute approximate surface area is 128 Å². The molecular formula is C12H9F2NO5S2. The van der Waals surface area contributed by atoms with Gasteiger partial charge in [0.1, 0.15) is 9.96 Å². The van der Waals surface area contributed by atoms with E-state index >= 15 is 0 Å². The number of thiophene rings is 1. The summed E-state index contributed by atoms with van der Waals surface area (Å²) in [6, 6.07) is 6.25. The number of anilines is 1. The summed E-state index contributed by atoms with van der Waals surface area (Å²) in [7, 11) is -4.10. The fourth-order valence-electron chi connectivity index (χ4n) is 1.51. The molecule has 1 heterocycles. The molecule has 2 rings (SSSR count). The number of hydrogen-bond acceptors (Lipinski definition) is 5. The third-order valence-corrected chi connectivity index (χ3v) is 5.24. The molecule has 10 heteroatoms. The average Bonchev–Trinajstić information content (AvgIpc) is 2.91. The van der Waals surface area contributed by atoms with Gasteiger partial charge in [0.2, 0.25) is 0 Å². The van der Waals surface area contributed by atoms with Gasteiger partial charge in [-0.05, 0) is 18.2 Å². The van der Waals surface area contributed by atoms with E-state index < -0.39 is 22.6 Å². The summed E-state index contributed by atoms with van der Waals surface area (Å²) in [4.78, 5) is 10.8. The van der Waals surface area contributed by atoms with E-state index in [4.69, 9.17) is 5.11 Å². The summed E-state index contributed by atoms with van der Waals surface area (Å²) in [5.41, 5.74) is -0.351. The average molecular weight is 349 g/mol. The molecule has 0 atom stereocenters. The number of rotatable bonds is 6. The lowest BCUT2D eigenvalue weighted by atomic mass is 10.3. The van der Waals surface area contributed by atoms with Crippen LogP contribution >= 0.6 is 11.3 Å². The molecule has 0 radical (unpaired) electrons. The number of carboxylic acids is 1. The summed E-state index contributed by atoms with van der Waals surface area (Å²) in [5, 5.41) is 9.95. The Kier molecular flexibility index (Phi) is 4.62. The van der Waals surface area contributed by atoms with E-state index in [1.807, 2.05) is 0 Å². The second-order valence-electron chi connectivity index (χ2n) is 3.94. The normalized spacial score (nSPS) is 11.4. The molecule has 0 fully saturated rings. The van der Waals surface area contributed by atoms with Crippen LogP contribution in [0.5, 0.6) is 5.75 Å². The molecule has 0 aliphatic heterocycles. The van der Waals surface area contributed by atoms with Gasteiger partial charge in [-0.15, -0.1) is 11.3 Å². The molecule has 0 amide bonds. The van der Waals surface area contributed by atoms with Crippen LogP contribution in [0.3, 0.4) is 0 Å². The molecule has 0 unspecified atom stereocenters. The van der Waals surface area contributed by atoms with Crippen LogP contribution in [0, 0.1) is 0 Å². The Balaban J connectivity index is 2.30. The lowest BCUT2D eigenvalue weighted by Crippen LogP contribution is -2.13. The zero-order valence-electron chi connectivity index (χ0n) is 10.7. The molecule has 0 saturated carbocycles. The number of benzene rings is 1. The van der Waals surface area contributed by atoms with E-state index in [2.05, 4.69) is 9.46 Å². The monoisotopic (exact) mass is 349 g/mol. The number of aromatic carboxylic acids is 1. The number of halogens is 2. The summed E-state index contributed by atoms with van der Waals surface area (Å²) in [6.45, 7) is -3.11. The van der Waals surface area contributed by atoms with Gasteiger partial charge in [0.25, 0.3) is 10.0 Å². The third-order valence-electron chi connectivity index (χ3n) is 2.43. The van der Waals surface area contributed by atoms with Gasteiger partial charge in [-0.25, -0.2) is 13.2 Å². The Morgan fingerprint density at radius 3 is 2.59 bits per heavy atom.